The number of esters is 1. The predicted octanol–water partition coefficient (Wildman–Crippen LogP) is 5.09. The first-order valence-corrected chi connectivity index (χ1v) is 8.71. The standard InChI is InChI=1S/C20H17BrO4/c1-11(2)20(23)25-15-8-9-16-17(10-15)24-12(3)18(19(16)22)13-4-6-14(21)7-5-13/h4-11H,1-3H3. The molecule has 4 nitrogen and oxygen atoms in total. The van der Waals surface area contributed by atoms with Gasteiger partial charge in [-0.1, -0.05) is 41.9 Å². The molecule has 25 heavy (non-hydrogen) atoms. The molecule has 0 radical (unpaired) electrons. The van der Waals surface area contributed by atoms with E-state index < -0.39 is 0 Å². The van der Waals surface area contributed by atoms with Crippen molar-refractivity contribution in [2.45, 2.75) is 20.8 Å². The minimum atomic E-state index is -0.329. The summed E-state index contributed by atoms with van der Waals surface area (Å²) in [5, 5.41) is 0.452. The number of ether oxygens (including phenoxy) is 1. The minimum absolute atomic E-state index is 0.109. The maximum atomic E-state index is 12.9. The van der Waals surface area contributed by atoms with Crippen LogP contribution in [-0.2, 0) is 4.79 Å². The van der Waals surface area contributed by atoms with E-state index in [1.165, 1.54) is 0 Å². The highest BCUT2D eigenvalue weighted by atomic mass is 79.9. The fourth-order valence-electron chi connectivity index (χ4n) is 2.53. The summed E-state index contributed by atoms with van der Waals surface area (Å²) in [5.74, 6) is 0.325. The molecule has 1 aromatic heterocycles. The van der Waals surface area contributed by atoms with Crippen LogP contribution in [0, 0.1) is 12.8 Å². The molecule has 2 aromatic carbocycles. The fraction of sp³-hybridized carbons (Fsp3) is 0.200. The Labute approximate surface area is 153 Å². The van der Waals surface area contributed by atoms with Gasteiger partial charge in [0.05, 0.1) is 16.9 Å². The van der Waals surface area contributed by atoms with Gasteiger partial charge in [0.2, 0.25) is 5.43 Å². The summed E-state index contributed by atoms with van der Waals surface area (Å²) < 4.78 is 12.1. The first-order chi connectivity index (χ1) is 11.9. The lowest BCUT2D eigenvalue weighted by molar-refractivity contribution is -0.137. The molecule has 0 atom stereocenters. The zero-order valence-corrected chi connectivity index (χ0v) is 15.7. The van der Waals surface area contributed by atoms with Crippen LogP contribution in [0.4, 0.5) is 0 Å². The quantitative estimate of drug-likeness (QED) is 0.453. The number of aryl methyl sites for hydroxylation is 1. The Balaban J connectivity index is 2.10. The number of hydrogen-bond acceptors (Lipinski definition) is 4. The predicted molar refractivity (Wildman–Crippen MR) is 101 cm³/mol. The van der Waals surface area contributed by atoms with Crippen molar-refractivity contribution < 1.29 is 13.9 Å². The third-order valence-corrected chi connectivity index (χ3v) is 4.39. The van der Waals surface area contributed by atoms with Crippen molar-refractivity contribution in [2.75, 3.05) is 0 Å². The number of carbonyl (C=O) groups is 1. The van der Waals surface area contributed by atoms with Crippen molar-refractivity contribution in [2.24, 2.45) is 5.92 Å². The van der Waals surface area contributed by atoms with E-state index in [-0.39, 0.29) is 17.3 Å². The molecule has 128 valence electrons. The van der Waals surface area contributed by atoms with Crippen molar-refractivity contribution >= 4 is 32.9 Å². The van der Waals surface area contributed by atoms with E-state index in [0.29, 0.717) is 28.0 Å². The van der Waals surface area contributed by atoms with Crippen molar-refractivity contribution in [3.8, 4) is 16.9 Å². The van der Waals surface area contributed by atoms with Gasteiger partial charge in [-0.15, -0.1) is 0 Å². The van der Waals surface area contributed by atoms with E-state index in [1.54, 1.807) is 39.0 Å². The van der Waals surface area contributed by atoms with Gasteiger partial charge < -0.3 is 9.15 Å². The van der Waals surface area contributed by atoms with Gasteiger partial charge in [0, 0.05) is 10.5 Å². The van der Waals surface area contributed by atoms with E-state index in [0.717, 1.165) is 10.0 Å². The number of carbonyl (C=O) groups excluding carboxylic acids is 1. The van der Waals surface area contributed by atoms with E-state index in [4.69, 9.17) is 9.15 Å². The molecule has 0 aliphatic heterocycles. The van der Waals surface area contributed by atoms with Gasteiger partial charge in [0.25, 0.3) is 0 Å². The van der Waals surface area contributed by atoms with Crippen LogP contribution in [0.15, 0.2) is 56.1 Å². The molecule has 0 saturated carbocycles. The van der Waals surface area contributed by atoms with Crippen molar-refractivity contribution in [3.05, 3.63) is 62.9 Å². The van der Waals surface area contributed by atoms with E-state index >= 15 is 0 Å². The van der Waals surface area contributed by atoms with Gasteiger partial charge in [0.1, 0.15) is 17.1 Å². The molecule has 3 rings (SSSR count). The van der Waals surface area contributed by atoms with Crippen LogP contribution in [0.2, 0.25) is 0 Å². The summed E-state index contributed by atoms with van der Waals surface area (Å²) in [6.07, 6.45) is 0. The highest BCUT2D eigenvalue weighted by Crippen LogP contribution is 2.27. The average Bonchev–Trinajstić information content (AvgIpc) is 2.56. The molecule has 0 aliphatic rings. The highest BCUT2D eigenvalue weighted by molar-refractivity contribution is 9.10. The zero-order valence-electron chi connectivity index (χ0n) is 14.1. The molecular weight excluding hydrogens is 384 g/mol. The molecule has 0 fully saturated rings. The number of benzene rings is 2. The summed E-state index contributed by atoms with van der Waals surface area (Å²) in [6, 6.07) is 12.3. The third-order valence-electron chi connectivity index (χ3n) is 3.86. The summed E-state index contributed by atoms with van der Waals surface area (Å²) in [5.41, 5.74) is 1.62. The minimum Gasteiger partial charge on any atom is -0.460 e. The molecule has 0 spiro atoms. The van der Waals surface area contributed by atoms with Gasteiger partial charge >= 0.3 is 5.97 Å². The smallest absolute Gasteiger partial charge is 0.313 e. The summed E-state index contributed by atoms with van der Waals surface area (Å²) in [6.45, 7) is 5.28. The monoisotopic (exact) mass is 400 g/mol. The normalized spacial score (nSPS) is 11.1. The first kappa shape index (κ1) is 17.4. The molecule has 1 heterocycles. The SMILES string of the molecule is Cc1oc2cc(OC(=O)C(C)C)ccc2c(=O)c1-c1ccc(Br)cc1. The van der Waals surface area contributed by atoms with Crippen LogP contribution in [-0.4, -0.2) is 5.97 Å². The zero-order chi connectivity index (χ0) is 18.1. The molecule has 0 amide bonds. The summed E-state index contributed by atoms with van der Waals surface area (Å²) >= 11 is 3.39. The summed E-state index contributed by atoms with van der Waals surface area (Å²) in [4.78, 5) is 24.6. The Morgan fingerprint density at radius 1 is 1.12 bits per heavy atom. The number of hydrogen-bond donors (Lipinski definition) is 0. The molecule has 0 unspecified atom stereocenters. The number of fused-ring (bicyclic) bond motifs is 1. The second kappa shape index (κ2) is 6.84. The van der Waals surface area contributed by atoms with Crippen molar-refractivity contribution in [1.82, 2.24) is 0 Å². The van der Waals surface area contributed by atoms with Gasteiger partial charge in [0.15, 0.2) is 0 Å². The van der Waals surface area contributed by atoms with Crippen LogP contribution in [0.1, 0.15) is 19.6 Å². The molecular formula is C20H17BrO4. The van der Waals surface area contributed by atoms with Crippen LogP contribution in [0.25, 0.3) is 22.1 Å². The number of rotatable bonds is 3. The van der Waals surface area contributed by atoms with E-state index in [2.05, 4.69) is 15.9 Å². The van der Waals surface area contributed by atoms with Crippen LogP contribution in [0.5, 0.6) is 5.75 Å². The lowest BCUT2D eigenvalue weighted by atomic mass is 10.0. The summed E-state index contributed by atoms with van der Waals surface area (Å²) in [7, 11) is 0. The van der Waals surface area contributed by atoms with Crippen molar-refractivity contribution in [1.29, 1.82) is 0 Å². The Morgan fingerprint density at radius 2 is 1.80 bits per heavy atom. The average molecular weight is 401 g/mol. The van der Waals surface area contributed by atoms with Crippen molar-refractivity contribution in [3.63, 3.8) is 0 Å². The van der Waals surface area contributed by atoms with Gasteiger partial charge in [-0.3, -0.25) is 9.59 Å². The Kier molecular flexibility index (Phi) is 4.77. The number of halogens is 1. The largest absolute Gasteiger partial charge is 0.460 e. The van der Waals surface area contributed by atoms with E-state index in [9.17, 15) is 9.59 Å². The Bertz CT molecular complexity index is 1000. The van der Waals surface area contributed by atoms with Crippen LogP contribution in [0.3, 0.4) is 0 Å². The Hall–Kier alpha value is -2.40. The maximum Gasteiger partial charge on any atom is 0.313 e. The topological polar surface area (TPSA) is 56.5 Å². The van der Waals surface area contributed by atoms with Gasteiger partial charge in [-0.05, 0) is 36.8 Å². The molecule has 0 saturated heterocycles. The highest BCUT2D eigenvalue weighted by Gasteiger charge is 2.15. The maximum absolute atomic E-state index is 12.9. The second-order valence-electron chi connectivity index (χ2n) is 6.10. The van der Waals surface area contributed by atoms with E-state index in [1.807, 2.05) is 24.3 Å². The molecule has 3 aromatic rings. The second-order valence-corrected chi connectivity index (χ2v) is 7.02. The molecule has 5 heteroatoms. The molecule has 0 N–H and O–H groups in total. The van der Waals surface area contributed by atoms with Crippen LogP contribution < -0.4 is 10.2 Å². The van der Waals surface area contributed by atoms with Gasteiger partial charge in [-0.2, -0.15) is 0 Å². The first-order valence-electron chi connectivity index (χ1n) is 7.92. The third kappa shape index (κ3) is 3.51. The van der Waals surface area contributed by atoms with Gasteiger partial charge in [-0.25, -0.2) is 0 Å². The Morgan fingerprint density at radius 3 is 2.44 bits per heavy atom. The molecule has 0 aliphatic carbocycles. The lowest BCUT2D eigenvalue weighted by Crippen LogP contribution is -2.15. The van der Waals surface area contributed by atoms with Crippen LogP contribution >= 0.6 is 15.9 Å². The lowest BCUT2D eigenvalue weighted by Gasteiger charge is -2.10. The molecule has 0 bridgehead atoms. The fourth-order valence-corrected chi connectivity index (χ4v) is 2.80.